The first kappa shape index (κ1) is 23.9. The monoisotopic (exact) mass is 419 g/mol. The summed E-state index contributed by atoms with van der Waals surface area (Å²) in [6, 6.07) is 13.6. The number of benzene rings is 2. The number of hydrogen-bond donors (Lipinski definition) is 1. The molecule has 0 radical (unpaired) electrons. The number of aromatic amines is 1. The molecule has 1 heterocycles. The maximum Gasteiger partial charge on any atom is 0.0500 e. The molecule has 1 N–H and O–H groups in total. The highest BCUT2D eigenvalue weighted by Crippen LogP contribution is 2.31. The molecule has 170 valence electrons. The van der Waals surface area contributed by atoms with Crippen molar-refractivity contribution in [1.29, 1.82) is 0 Å². The van der Waals surface area contributed by atoms with Gasteiger partial charge in [0.1, 0.15) is 0 Å². The van der Waals surface area contributed by atoms with E-state index >= 15 is 0 Å². The molecule has 0 amide bonds. The molecule has 0 bridgehead atoms. The number of hydrogen-bond acceptors (Lipinski definition) is 0. The normalized spacial score (nSPS) is 11.7. The molecule has 3 aromatic rings. The minimum atomic E-state index is 1.23. The van der Waals surface area contributed by atoms with Crippen molar-refractivity contribution in [3.05, 3.63) is 47.5 Å². The molecule has 2 aromatic carbocycles. The van der Waals surface area contributed by atoms with E-state index in [4.69, 9.17) is 0 Å². The van der Waals surface area contributed by atoms with Crippen LogP contribution < -0.4 is 0 Å². The van der Waals surface area contributed by atoms with Gasteiger partial charge in [0.2, 0.25) is 0 Å². The Kier molecular flexibility index (Phi) is 10.5. The second kappa shape index (κ2) is 13.6. The lowest BCUT2D eigenvalue weighted by Crippen LogP contribution is -1.97. The largest absolute Gasteiger partial charge is 0.354 e. The summed E-state index contributed by atoms with van der Waals surface area (Å²) in [5.41, 5.74) is 5.89. The van der Waals surface area contributed by atoms with Gasteiger partial charge in [-0.15, -0.1) is 0 Å². The Hall–Kier alpha value is -1.76. The summed E-state index contributed by atoms with van der Waals surface area (Å²) in [7, 11) is 0. The summed E-state index contributed by atoms with van der Waals surface area (Å²) < 4.78 is 0. The van der Waals surface area contributed by atoms with Gasteiger partial charge in [-0.05, 0) is 42.9 Å². The predicted octanol–water partition coefficient (Wildman–Crippen LogP) is 9.91. The van der Waals surface area contributed by atoms with Gasteiger partial charge < -0.3 is 4.98 Å². The van der Waals surface area contributed by atoms with Gasteiger partial charge in [0.25, 0.3) is 0 Å². The first-order valence-corrected chi connectivity index (χ1v) is 13.4. The molecule has 0 aliphatic rings. The topological polar surface area (TPSA) is 15.8 Å². The first-order valence-electron chi connectivity index (χ1n) is 13.4. The predicted molar refractivity (Wildman–Crippen MR) is 139 cm³/mol. The molecule has 1 heteroatoms. The van der Waals surface area contributed by atoms with E-state index in [1.54, 1.807) is 11.1 Å². The van der Waals surface area contributed by atoms with E-state index in [-0.39, 0.29) is 0 Å². The van der Waals surface area contributed by atoms with Crippen LogP contribution in [0.2, 0.25) is 0 Å². The first-order chi connectivity index (χ1) is 15.3. The number of fused-ring (bicyclic) bond motifs is 3. The smallest absolute Gasteiger partial charge is 0.0500 e. The van der Waals surface area contributed by atoms with Gasteiger partial charge in [-0.2, -0.15) is 0 Å². The number of rotatable bonds is 16. The Morgan fingerprint density at radius 1 is 0.548 bits per heavy atom. The van der Waals surface area contributed by atoms with Crippen LogP contribution in [0.1, 0.15) is 115 Å². The van der Waals surface area contributed by atoms with E-state index in [1.807, 2.05) is 0 Å². The Balaban J connectivity index is 1.64. The molecule has 1 aromatic heterocycles. The molecular formula is C30H45N. The Morgan fingerprint density at radius 2 is 1.13 bits per heavy atom. The van der Waals surface area contributed by atoms with Gasteiger partial charge >= 0.3 is 0 Å². The number of aromatic nitrogens is 1. The second-order valence-corrected chi connectivity index (χ2v) is 9.54. The van der Waals surface area contributed by atoms with Crippen LogP contribution in [0.15, 0.2) is 36.4 Å². The maximum atomic E-state index is 3.78. The van der Waals surface area contributed by atoms with E-state index in [0.29, 0.717) is 0 Å². The molecule has 1 nitrogen and oxygen atoms in total. The standard InChI is InChI=1S/C30H45N/c1-3-5-7-9-11-13-15-19-25-23-24-28-27-21-17-18-22-29(27)31-30(28)26(25)20-16-14-12-10-8-6-4-2/h17-18,21-24,31H,3-16,19-20H2,1-2H3. The molecule has 0 unspecified atom stereocenters. The van der Waals surface area contributed by atoms with Crippen molar-refractivity contribution in [3.8, 4) is 0 Å². The minimum absolute atomic E-state index is 1.23. The van der Waals surface area contributed by atoms with Crippen LogP contribution in [0, 0.1) is 0 Å². The van der Waals surface area contributed by atoms with Crippen molar-refractivity contribution >= 4 is 21.8 Å². The van der Waals surface area contributed by atoms with Gasteiger partial charge in [0.05, 0.1) is 0 Å². The summed E-state index contributed by atoms with van der Waals surface area (Å²) in [5.74, 6) is 0. The van der Waals surface area contributed by atoms with Crippen LogP contribution in [0.4, 0.5) is 0 Å². The van der Waals surface area contributed by atoms with Crippen LogP contribution in [-0.4, -0.2) is 4.98 Å². The van der Waals surface area contributed by atoms with Crippen LogP contribution in [0.25, 0.3) is 21.8 Å². The van der Waals surface area contributed by atoms with Gasteiger partial charge in [-0.3, -0.25) is 0 Å². The number of aryl methyl sites for hydroxylation is 2. The Bertz CT molecular complexity index is 888. The average molecular weight is 420 g/mol. The lowest BCUT2D eigenvalue weighted by atomic mass is 9.94. The van der Waals surface area contributed by atoms with Crippen LogP contribution in [-0.2, 0) is 12.8 Å². The zero-order valence-corrected chi connectivity index (χ0v) is 20.3. The third-order valence-electron chi connectivity index (χ3n) is 6.97. The highest BCUT2D eigenvalue weighted by Gasteiger charge is 2.12. The molecule has 0 saturated heterocycles. The molecule has 31 heavy (non-hydrogen) atoms. The van der Waals surface area contributed by atoms with Crippen LogP contribution in [0.5, 0.6) is 0 Å². The second-order valence-electron chi connectivity index (χ2n) is 9.54. The van der Waals surface area contributed by atoms with E-state index in [9.17, 15) is 0 Å². The van der Waals surface area contributed by atoms with Crippen molar-refractivity contribution in [2.75, 3.05) is 0 Å². The summed E-state index contributed by atoms with van der Waals surface area (Å²) in [6.45, 7) is 4.60. The summed E-state index contributed by atoms with van der Waals surface area (Å²) in [6.07, 6.45) is 21.8. The molecule has 0 saturated carbocycles. The molecule has 0 aliphatic carbocycles. The van der Waals surface area contributed by atoms with E-state index < -0.39 is 0 Å². The average Bonchev–Trinajstić information content (AvgIpc) is 3.17. The quantitative estimate of drug-likeness (QED) is 0.222. The fraction of sp³-hybridized carbons (Fsp3) is 0.600. The van der Waals surface area contributed by atoms with Gasteiger partial charge in [-0.25, -0.2) is 0 Å². The third kappa shape index (κ3) is 7.13. The van der Waals surface area contributed by atoms with E-state index in [0.717, 1.165) is 0 Å². The molecule has 0 aliphatic heterocycles. The van der Waals surface area contributed by atoms with Crippen LogP contribution >= 0.6 is 0 Å². The molecule has 0 atom stereocenters. The number of H-pyrrole nitrogens is 1. The Morgan fingerprint density at radius 3 is 1.81 bits per heavy atom. The number of para-hydroxylation sites is 1. The van der Waals surface area contributed by atoms with E-state index in [1.165, 1.54) is 125 Å². The van der Waals surface area contributed by atoms with E-state index in [2.05, 4.69) is 55.2 Å². The van der Waals surface area contributed by atoms with Crippen LogP contribution in [0.3, 0.4) is 0 Å². The Labute approximate surface area is 191 Å². The summed E-state index contributed by atoms with van der Waals surface area (Å²) in [5, 5.41) is 2.79. The van der Waals surface area contributed by atoms with Gasteiger partial charge in [0, 0.05) is 21.8 Å². The fourth-order valence-electron chi connectivity index (χ4n) is 5.07. The summed E-state index contributed by atoms with van der Waals surface area (Å²) >= 11 is 0. The minimum Gasteiger partial charge on any atom is -0.354 e. The maximum absolute atomic E-state index is 3.78. The molecule has 0 spiro atoms. The fourth-order valence-corrected chi connectivity index (χ4v) is 5.07. The lowest BCUT2D eigenvalue weighted by Gasteiger charge is -2.12. The molecular weight excluding hydrogens is 374 g/mol. The highest BCUT2D eigenvalue weighted by molar-refractivity contribution is 6.08. The highest BCUT2D eigenvalue weighted by atomic mass is 14.7. The SMILES string of the molecule is CCCCCCCCCc1ccc2c([nH]c3ccccc32)c1CCCCCCCCC. The van der Waals surface area contributed by atoms with Crippen molar-refractivity contribution < 1.29 is 0 Å². The van der Waals surface area contributed by atoms with Gasteiger partial charge in [0.15, 0.2) is 0 Å². The number of unbranched alkanes of at least 4 members (excludes halogenated alkanes) is 12. The van der Waals surface area contributed by atoms with Crippen molar-refractivity contribution in [1.82, 2.24) is 4.98 Å². The van der Waals surface area contributed by atoms with Gasteiger partial charge in [-0.1, -0.05) is 121 Å². The number of nitrogens with one attached hydrogen (secondary N) is 1. The lowest BCUT2D eigenvalue weighted by molar-refractivity contribution is 0.583. The summed E-state index contributed by atoms with van der Waals surface area (Å²) in [4.78, 5) is 3.78. The molecule has 0 fully saturated rings. The van der Waals surface area contributed by atoms with Crippen molar-refractivity contribution in [2.45, 2.75) is 117 Å². The third-order valence-corrected chi connectivity index (χ3v) is 6.97. The van der Waals surface area contributed by atoms with Crippen molar-refractivity contribution in [2.24, 2.45) is 0 Å². The zero-order valence-electron chi connectivity index (χ0n) is 20.3. The zero-order chi connectivity index (χ0) is 21.7. The molecule has 3 rings (SSSR count). The van der Waals surface area contributed by atoms with Crippen molar-refractivity contribution in [3.63, 3.8) is 0 Å².